The zero-order valence-electron chi connectivity index (χ0n) is 5.11. The van der Waals surface area contributed by atoms with Gasteiger partial charge in [-0.2, -0.15) is 13.2 Å². The molecule has 0 atom stereocenters. The van der Waals surface area contributed by atoms with Gasteiger partial charge in [-0.25, -0.2) is 4.98 Å². The molecule has 0 N–H and O–H groups in total. The quantitative estimate of drug-likeness (QED) is 0.598. The Labute approximate surface area is 65.8 Å². The maximum absolute atomic E-state index is 11.9. The van der Waals surface area contributed by atoms with Gasteiger partial charge in [-0.05, 0) is 12.1 Å². The van der Waals surface area contributed by atoms with Gasteiger partial charge >= 0.3 is 6.18 Å². The summed E-state index contributed by atoms with van der Waals surface area (Å²) in [7, 11) is 0. The third-order valence-corrected chi connectivity index (χ3v) is 1.28. The summed E-state index contributed by atoms with van der Waals surface area (Å²) in [6.07, 6.45) is -2.44. The van der Waals surface area contributed by atoms with Crippen molar-refractivity contribution in [3.05, 3.63) is 29.0 Å². The van der Waals surface area contributed by atoms with Crippen LogP contribution in [0.15, 0.2) is 12.1 Å². The Bertz CT molecular complexity index is 258. The van der Waals surface area contributed by atoms with E-state index in [4.69, 9.17) is 11.6 Å². The number of hydrogen-bond donors (Lipinski definition) is 0. The minimum atomic E-state index is -4.49. The third-order valence-electron chi connectivity index (χ3n) is 0.975. The average Bonchev–Trinajstić information content (AvgIpc) is 1.86. The van der Waals surface area contributed by atoms with E-state index in [2.05, 4.69) is 11.2 Å². The minimum absolute atomic E-state index is 0.406. The lowest BCUT2D eigenvalue weighted by molar-refractivity contribution is -0.141. The molecule has 5 heteroatoms. The van der Waals surface area contributed by atoms with E-state index in [0.29, 0.717) is 0 Å². The van der Waals surface area contributed by atoms with Crippen molar-refractivity contribution in [3.63, 3.8) is 0 Å². The predicted molar refractivity (Wildman–Crippen MR) is 33.1 cm³/mol. The fraction of sp³-hybridized carbons (Fsp3) is 0.167. The Balaban J connectivity index is 3.14. The molecule has 0 aromatic carbocycles. The topological polar surface area (TPSA) is 12.9 Å². The van der Waals surface area contributed by atoms with Crippen LogP contribution in [-0.2, 0) is 6.18 Å². The van der Waals surface area contributed by atoms with E-state index in [-0.39, 0.29) is 0 Å². The van der Waals surface area contributed by atoms with Crippen molar-refractivity contribution in [2.45, 2.75) is 6.18 Å². The molecule has 0 aliphatic rings. The van der Waals surface area contributed by atoms with Crippen LogP contribution in [0.2, 0.25) is 5.02 Å². The molecule has 1 heterocycles. The molecule has 1 aromatic heterocycles. The molecule has 0 unspecified atom stereocenters. The molecule has 1 rings (SSSR count). The van der Waals surface area contributed by atoms with Gasteiger partial charge in [0, 0.05) is 0 Å². The number of alkyl halides is 3. The minimum Gasteiger partial charge on any atom is -0.240 e. The van der Waals surface area contributed by atoms with E-state index >= 15 is 0 Å². The molecular formula is C6H2ClF3N. The summed E-state index contributed by atoms with van der Waals surface area (Å²) in [5, 5.41) is -0.406. The van der Waals surface area contributed by atoms with Crippen molar-refractivity contribution in [1.82, 2.24) is 4.98 Å². The van der Waals surface area contributed by atoms with Crippen LogP contribution < -0.4 is 0 Å². The first-order valence-electron chi connectivity index (χ1n) is 2.61. The maximum atomic E-state index is 11.9. The highest BCUT2D eigenvalue weighted by atomic mass is 35.5. The molecule has 0 spiro atoms. The molecular weight excluding hydrogens is 179 g/mol. The van der Waals surface area contributed by atoms with E-state index in [9.17, 15) is 13.2 Å². The smallest absolute Gasteiger partial charge is 0.240 e. The number of hydrogen-bond acceptors (Lipinski definition) is 1. The van der Waals surface area contributed by atoms with Crippen molar-refractivity contribution >= 4 is 11.6 Å². The van der Waals surface area contributed by atoms with Gasteiger partial charge in [0.15, 0.2) is 5.69 Å². The fourth-order valence-electron chi connectivity index (χ4n) is 0.543. The second-order valence-electron chi connectivity index (χ2n) is 1.77. The Morgan fingerprint density at radius 3 is 2.45 bits per heavy atom. The van der Waals surface area contributed by atoms with E-state index < -0.39 is 16.9 Å². The van der Waals surface area contributed by atoms with E-state index in [1.54, 1.807) is 0 Å². The lowest BCUT2D eigenvalue weighted by atomic mass is 10.3. The summed E-state index contributed by atoms with van der Waals surface area (Å²) in [5.41, 5.74) is -1.10. The summed E-state index contributed by atoms with van der Waals surface area (Å²) >= 11 is 5.21. The molecule has 0 aliphatic carbocycles. The molecule has 0 amide bonds. The molecule has 59 valence electrons. The molecule has 0 fully saturated rings. The molecule has 1 radical (unpaired) electrons. The van der Waals surface area contributed by atoms with Crippen LogP contribution in [0, 0.1) is 6.20 Å². The summed E-state index contributed by atoms with van der Waals surface area (Å²) in [6.45, 7) is 0. The second-order valence-corrected chi connectivity index (χ2v) is 2.18. The lowest BCUT2D eigenvalue weighted by Crippen LogP contribution is -2.08. The van der Waals surface area contributed by atoms with Crippen LogP contribution in [0.5, 0.6) is 0 Å². The van der Waals surface area contributed by atoms with Gasteiger partial charge in [0.2, 0.25) is 0 Å². The number of pyridine rings is 1. The predicted octanol–water partition coefficient (Wildman–Crippen LogP) is 2.55. The van der Waals surface area contributed by atoms with Crippen molar-refractivity contribution < 1.29 is 13.2 Å². The van der Waals surface area contributed by atoms with Gasteiger partial charge in [0.1, 0.15) is 0 Å². The first kappa shape index (κ1) is 8.33. The molecule has 0 bridgehead atoms. The van der Waals surface area contributed by atoms with Crippen molar-refractivity contribution in [1.29, 1.82) is 0 Å². The molecule has 0 saturated heterocycles. The van der Waals surface area contributed by atoms with Crippen LogP contribution in [0.25, 0.3) is 0 Å². The zero-order chi connectivity index (χ0) is 8.48. The van der Waals surface area contributed by atoms with Crippen molar-refractivity contribution in [3.8, 4) is 0 Å². The first-order valence-corrected chi connectivity index (χ1v) is 2.99. The number of nitrogens with zero attached hydrogens (tertiary/aromatic N) is 1. The Morgan fingerprint density at radius 1 is 1.45 bits per heavy atom. The zero-order valence-corrected chi connectivity index (χ0v) is 5.87. The highest BCUT2D eigenvalue weighted by Crippen LogP contribution is 2.31. The Hall–Kier alpha value is -0.770. The van der Waals surface area contributed by atoms with Gasteiger partial charge in [-0.15, -0.1) is 0 Å². The SMILES string of the molecule is FC(F)(F)c1n[c]ccc1Cl. The standard InChI is InChI=1S/C6H2ClF3N/c7-4-2-1-3-11-5(4)6(8,9)10/h1-2H. The lowest BCUT2D eigenvalue weighted by Gasteiger charge is -2.05. The first-order chi connectivity index (χ1) is 5.02. The van der Waals surface area contributed by atoms with Gasteiger partial charge in [-0.1, -0.05) is 11.6 Å². The van der Waals surface area contributed by atoms with Crippen molar-refractivity contribution in [2.24, 2.45) is 0 Å². The van der Waals surface area contributed by atoms with Crippen molar-refractivity contribution in [2.75, 3.05) is 0 Å². The molecule has 1 aromatic rings. The average molecular weight is 181 g/mol. The van der Waals surface area contributed by atoms with E-state index in [1.807, 2.05) is 0 Å². The third kappa shape index (κ3) is 1.83. The van der Waals surface area contributed by atoms with Crippen LogP contribution in [-0.4, -0.2) is 4.98 Å². The van der Waals surface area contributed by atoms with E-state index in [1.165, 1.54) is 6.07 Å². The van der Waals surface area contributed by atoms with Crippen LogP contribution in [0.4, 0.5) is 13.2 Å². The monoisotopic (exact) mass is 180 g/mol. The summed E-state index contributed by atoms with van der Waals surface area (Å²) in [5.74, 6) is 0. The van der Waals surface area contributed by atoms with E-state index in [0.717, 1.165) is 6.07 Å². The molecule has 0 saturated carbocycles. The molecule has 1 nitrogen and oxygen atoms in total. The van der Waals surface area contributed by atoms with Crippen LogP contribution >= 0.6 is 11.6 Å². The largest absolute Gasteiger partial charge is 0.434 e. The van der Waals surface area contributed by atoms with Gasteiger partial charge in [0.25, 0.3) is 0 Å². The molecule has 0 aliphatic heterocycles. The number of halogens is 4. The Morgan fingerprint density at radius 2 is 2.09 bits per heavy atom. The van der Waals surface area contributed by atoms with Crippen LogP contribution in [0.1, 0.15) is 5.69 Å². The van der Waals surface area contributed by atoms with Gasteiger partial charge < -0.3 is 0 Å². The normalized spacial score (nSPS) is 11.6. The fourth-order valence-corrected chi connectivity index (χ4v) is 0.756. The van der Waals surface area contributed by atoms with Gasteiger partial charge in [-0.3, -0.25) is 0 Å². The number of rotatable bonds is 0. The molecule has 11 heavy (non-hydrogen) atoms. The summed E-state index contributed by atoms with van der Waals surface area (Å²) in [6, 6.07) is 2.31. The second kappa shape index (κ2) is 2.70. The summed E-state index contributed by atoms with van der Waals surface area (Å²) < 4.78 is 35.6. The van der Waals surface area contributed by atoms with Gasteiger partial charge in [0.05, 0.1) is 11.2 Å². The highest BCUT2D eigenvalue weighted by Gasteiger charge is 2.34. The highest BCUT2D eigenvalue weighted by molar-refractivity contribution is 6.31. The number of aromatic nitrogens is 1. The Kier molecular flexibility index (Phi) is 2.04. The van der Waals surface area contributed by atoms with Crippen LogP contribution in [0.3, 0.4) is 0 Å². The summed E-state index contributed by atoms with van der Waals surface area (Å²) in [4.78, 5) is 2.97. The maximum Gasteiger partial charge on any atom is 0.434 e.